The maximum absolute atomic E-state index is 12.2. The second kappa shape index (κ2) is 8.27. The molecule has 0 spiro atoms. The lowest BCUT2D eigenvalue weighted by atomic mass is 10.0. The molecule has 0 amide bonds. The predicted molar refractivity (Wildman–Crippen MR) is 116 cm³/mol. The minimum absolute atomic E-state index is 0.570. The summed E-state index contributed by atoms with van der Waals surface area (Å²) >= 11 is 0. The number of carboxylic acid groups (broad SMARTS) is 1. The van der Waals surface area contributed by atoms with Crippen LogP contribution < -0.4 is 10.6 Å². The van der Waals surface area contributed by atoms with Crippen molar-refractivity contribution in [2.24, 2.45) is 5.73 Å². The summed E-state index contributed by atoms with van der Waals surface area (Å²) in [6, 6.07) is 13.6. The van der Waals surface area contributed by atoms with Crippen LogP contribution >= 0.6 is 0 Å². The number of benzene rings is 2. The Morgan fingerprint density at radius 2 is 1.93 bits per heavy atom. The predicted octanol–water partition coefficient (Wildman–Crippen LogP) is 2.93. The summed E-state index contributed by atoms with van der Waals surface area (Å²) in [7, 11) is 0. The van der Waals surface area contributed by atoms with Gasteiger partial charge in [-0.15, -0.1) is 0 Å². The van der Waals surface area contributed by atoms with Crippen LogP contribution in [0.5, 0.6) is 0 Å². The minimum Gasteiger partial charge on any atom is -0.480 e. The molecule has 0 bridgehead atoms. The van der Waals surface area contributed by atoms with Crippen molar-refractivity contribution in [2.45, 2.75) is 19.4 Å². The number of fused-ring (bicyclic) bond motifs is 1. The molecule has 0 aliphatic carbocycles. The van der Waals surface area contributed by atoms with E-state index in [0.717, 1.165) is 41.5 Å². The standard InChI is InChI=1S/C23H28N4O2/c1-16-4-2-3-5-21(16)26-10-12-27(13-11-26)22(23(28)29)17-6-7-20-19(14-17)18(8-9-24)15-25-20/h2-7,14-15,22,25H,8-13,24H2,1H3,(H,28,29). The molecule has 1 atom stereocenters. The summed E-state index contributed by atoms with van der Waals surface area (Å²) in [6.45, 7) is 5.75. The molecule has 2 aromatic carbocycles. The largest absolute Gasteiger partial charge is 0.480 e. The van der Waals surface area contributed by atoms with E-state index < -0.39 is 12.0 Å². The van der Waals surface area contributed by atoms with Gasteiger partial charge in [0, 0.05) is 49.0 Å². The topological polar surface area (TPSA) is 85.6 Å². The number of nitrogens with two attached hydrogens (primary N) is 1. The number of aryl methyl sites for hydroxylation is 1. The second-order valence-corrected chi connectivity index (χ2v) is 7.71. The molecule has 152 valence electrons. The van der Waals surface area contributed by atoms with E-state index in [2.05, 4.69) is 39.9 Å². The molecule has 0 saturated carbocycles. The lowest BCUT2D eigenvalue weighted by Gasteiger charge is -2.39. The Balaban J connectivity index is 1.56. The number of carboxylic acids is 1. The summed E-state index contributed by atoms with van der Waals surface area (Å²) in [5.74, 6) is -0.801. The van der Waals surface area contributed by atoms with E-state index in [1.165, 1.54) is 11.3 Å². The van der Waals surface area contributed by atoms with E-state index >= 15 is 0 Å². The summed E-state index contributed by atoms with van der Waals surface area (Å²) < 4.78 is 0. The zero-order valence-corrected chi connectivity index (χ0v) is 16.8. The van der Waals surface area contributed by atoms with Gasteiger partial charge in [-0.3, -0.25) is 9.69 Å². The Bertz CT molecular complexity index is 1010. The van der Waals surface area contributed by atoms with Crippen LogP contribution in [0.3, 0.4) is 0 Å². The number of rotatable bonds is 6. The SMILES string of the molecule is Cc1ccccc1N1CCN(C(C(=O)O)c2ccc3[nH]cc(CCN)c3c2)CC1. The number of nitrogens with one attached hydrogen (secondary N) is 1. The van der Waals surface area contributed by atoms with Crippen LogP contribution in [0.15, 0.2) is 48.7 Å². The molecule has 29 heavy (non-hydrogen) atoms. The van der Waals surface area contributed by atoms with Gasteiger partial charge in [-0.1, -0.05) is 24.3 Å². The quantitative estimate of drug-likeness (QED) is 0.601. The van der Waals surface area contributed by atoms with Gasteiger partial charge in [-0.2, -0.15) is 0 Å². The first-order chi connectivity index (χ1) is 14.1. The van der Waals surface area contributed by atoms with Gasteiger partial charge in [0.05, 0.1) is 0 Å². The first-order valence-electron chi connectivity index (χ1n) is 10.2. The van der Waals surface area contributed by atoms with E-state index in [-0.39, 0.29) is 0 Å². The molecular formula is C23H28N4O2. The summed E-state index contributed by atoms with van der Waals surface area (Å²) in [5, 5.41) is 11.1. The zero-order chi connectivity index (χ0) is 20.4. The average Bonchev–Trinajstić information content (AvgIpc) is 3.12. The number of aliphatic carboxylic acids is 1. The fourth-order valence-corrected chi connectivity index (χ4v) is 4.38. The Morgan fingerprint density at radius 3 is 2.62 bits per heavy atom. The second-order valence-electron chi connectivity index (χ2n) is 7.71. The monoisotopic (exact) mass is 392 g/mol. The van der Waals surface area contributed by atoms with Crippen molar-refractivity contribution in [3.8, 4) is 0 Å². The highest BCUT2D eigenvalue weighted by Gasteiger charge is 2.31. The lowest BCUT2D eigenvalue weighted by molar-refractivity contribution is -0.143. The normalized spacial score (nSPS) is 16.3. The maximum Gasteiger partial charge on any atom is 0.325 e. The van der Waals surface area contributed by atoms with Gasteiger partial charge in [0.2, 0.25) is 0 Å². The molecule has 6 heteroatoms. The van der Waals surface area contributed by atoms with E-state index in [9.17, 15) is 9.90 Å². The van der Waals surface area contributed by atoms with Gasteiger partial charge >= 0.3 is 5.97 Å². The average molecular weight is 393 g/mol. The molecule has 1 aliphatic rings. The maximum atomic E-state index is 12.2. The number of aromatic nitrogens is 1. The third-order valence-electron chi connectivity index (χ3n) is 5.89. The lowest BCUT2D eigenvalue weighted by Crippen LogP contribution is -2.49. The van der Waals surface area contributed by atoms with Crippen molar-refractivity contribution in [1.82, 2.24) is 9.88 Å². The van der Waals surface area contributed by atoms with E-state index in [1.54, 1.807) is 0 Å². The number of piperazine rings is 1. The smallest absolute Gasteiger partial charge is 0.325 e. The minimum atomic E-state index is -0.801. The molecular weight excluding hydrogens is 364 g/mol. The van der Waals surface area contributed by atoms with E-state index in [4.69, 9.17) is 5.73 Å². The molecule has 0 radical (unpaired) electrons. The molecule has 4 rings (SSSR count). The van der Waals surface area contributed by atoms with Crippen LogP contribution in [0, 0.1) is 6.92 Å². The van der Waals surface area contributed by atoms with Gasteiger partial charge in [0.1, 0.15) is 6.04 Å². The number of para-hydroxylation sites is 1. The fraction of sp³-hybridized carbons (Fsp3) is 0.348. The van der Waals surface area contributed by atoms with Gasteiger partial charge in [-0.05, 0) is 54.8 Å². The Labute approximate surface area is 170 Å². The van der Waals surface area contributed by atoms with Crippen molar-refractivity contribution in [2.75, 3.05) is 37.6 Å². The van der Waals surface area contributed by atoms with Crippen molar-refractivity contribution >= 4 is 22.6 Å². The molecule has 1 saturated heterocycles. The van der Waals surface area contributed by atoms with Gasteiger partial charge in [0.15, 0.2) is 0 Å². The third-order valence-corrected chi connectivity index (χ3v) is 5.89. The number of aromatic amines is 1. The molecule has 6 nitrogen and oxygen atoms in total. The third kappa shape index (κ3) is 3.86. The number of carbonyl (C=O) groups is 1. The van der Waals surface area contributed by atoms with Crippen molar-refractivity contribution in [3.63, 3.8) is 0 Å². The van der Waals surface area contributed by atoms with Crippen LogP contribution in [0.2, 0.25) is 0 Å². The number of hydrogen-bond acceptors (Lipinski definition) is 4. The van der Waals surface area contributed by atoms with Crippen molar-refractivity contribution in [1.29, 1.82) is 0 Å². The summed E-state index contributed by atoms with van der Waals surface area (Å²) in [4.78, 5) is 19.9. The van der Waals surface area contributed by atoms with Crippen molar-refractivity contribution < 1.29 is 9.90 Å². The highest BCUT2D eigenvalue weighted by atomic mass is 16.4. The number of anilines is 1. The summed E-state index contributed by atoms with van der Waals surface area (Å²) in [6.07, 6.45) is 2.74. The van der Waals surface area contributed by atoms with Crippen LogP contribution in [0.25, 0.3) is 10.9 Å². The molecule has 1 fully saturated rings. The number of H-pyrrole nitrogens is 1. The molecule has 4 N–H and O–H groups in total. The van der Waals surface area contributed by atoms with Crippen molar-refractivity contribution in [3.05, 3.63) is 65.4 Å². The fourth-order valence-electron chi connectivity index (χ4n) is 4.38. The first kappa shape index (κ1) is 19.5. The van der Waals surface area contributed by atoms with Gasteiger partial charge < -0.3 is 20.7 Å². The Hall–Kier alpha value is -2.83. The van der Waals surface area contributed by atoms with Gasteiger partial charge in [-0.25, -0.2) is 0 Å². The Kier molecular flexibility index (Phi) is 5.56. The Morgan fingerprint density at radius 1 is 1.17 bits per heavy atom. The van der Waals surface area contributed by atoms with Gasteiger partial charge in [0.25, 0.3) is 0 Å². The molecule has 1 unspecified atom stereocenters. The van der Waals surface area contributed by atoms with Crippen LogP contribution in [-0.4, -0.2) is 53.7 Å². The summed E-state index contributed by atoms with van der Waals surface area (Å²) in [5.41, 5.74) is 11.2. The zero-order valence-electron chi connectivity index (χ0n) is 16.8. The molecule has 2 heterocycles. The van der Waals surface area contributed by atoms with Crippen LogP contribution in [0.4, 0.5) is 5.69 Å². The van der Waals surface area contributed by atoms with Crippen LogP contribution in [0.1, 0.15) is 22.7 Å². The first-order valence-corrected chi connectivity index (χ1v) is 10.2. The number of nitrogens with zero attached hydrogens (tertiary/aromatic N) is 2. The highest BCUT2D eigenvalue weighted by Crippen LogP contribution is 2.29. The number of hydrogen-bond donors (Lipinski definition) is 3. The van der Waals surface area contributed by atoms with E-state index in [1.807, 2.05) is 30.5 Å². The molecule has 1 aliphatic heterocycles. The molecule has 3 aromatic rings. The molecule has 1 aromatic heterocycles. The van der Waals surface area contributed by atoms with E-state index in [0.29, 0.717) is 19.6 Å². The van der Waals surface area contributed by atoms with Crippen LogP contribution in [-0.2, 0) is 11.2 Å². The highest BCUT2D eigenvalue weighted by molar-refractivity contribution is 5.86.